The largest absolute Gasteiger partial charge is 0.459 e. The number of carbonyl (C=O) groups is 8. The van der Waals surface area contributed by atoms with Gasteiger partial charge in [0.25, 0.3) is 0 Å². The van der Waals surface area contributed by atoms with Crippen LogP contribution in [0.1, 0.15) is 79.0 Å². The van der Waals surface area contributed by atoms with E-state index in [9.17, 15) is 19.2 Å². The van der Waals surface area contributed by atoms with E-state index in [-0.39, 0.29) is 81.4 Å². The first-order valence-corrected chi connectivity index (χ1v) is 29.1. The molecule has 416 valence electrons. The predicted octanol–water partition coefficient (Wildman–Crippen LogP) is 13.6. The summed E-state index contributed by atoms with van der Waals surface area (Å²) in [5.41, 5.74) is -3.81. The Kier molecular flexibility index (Phi) is 13.2. The van der Waals surface area contributed by atoms with E-state index in [1.807, 2.05) is 36.4 Å². The molecule has 0 saturated heterocycles. The van der Waals surface area contributed by atoms with E-state index in [1.165, 1.54) is 18.2 Å². The molecule has 8 aromatic carbocycles. The molecule has 0 atom stereocenters. The van der Waals surface area contributed by atoms with Crippen LogP contribution in [0.3, 0.4) is 0 Å². The molecule has 0 radical (unpaired) electrons. The van der Waals surface area contributed by atoms with Crippen LogP contribution in [0.5, 0.6) is 0 Å². The number of thiophene rings is 2. The molecular formula is C72H44O12S2. The summed E-state index contributed by atoms with van der Waals surface area (Å²) in [6, 6.07) is 58.0. The van der Waals surface area contributed by atoms with Crippen LogP contribution < -0.4 is 0 Å². The van der Waals surface area contributed by atoms with Crippen molar-refractivity contribution in [2.24, 2.45) is 5.41 Å². The highest BCUT2D eigenvalue weighted by Gasteiger charge is 2.70. The third kappa shape index (κ3) is 8.63. The zero-order valence-electron chi connectivity index (χ0n) is 45.3. The second-order valence-corrected chi connectivity index (χ2v) is 23.3. The number of rotatable bonds is 14. The van der Waals surface area contributed by atoms with Gasteiger partial charge in [0.1, 0.15) is 26.4 Å². The van der Waals surface area contributed by atoms with Gasteiger partial charge in [-0.2, -0.15) is 0 Å². The summed E-state index contributed by atoms with van der Waals surface area (Å²) >= 11 is 2.11. The van der Waals surface area contributed by atoms with Crippen LogP contribution >= 0.6 is 22.7 Å². The molecule has 14 heteroatoms. The first-order valence-electron chi connectivity index (χ1n) is 27.5. The maximum atomic E-state index is 16.2. The lowest BCUT2D eigenvalue weighted by molar-refractivity contribution is -0.167. The standard InChI is InChI=1S/C72H44O12S2/c73-61-51-29-45-25-13-14-26-46(45)30-52(51)62(74)55(61)33-49-34-57-59(71(49,67(77)81-37-41-17-5-1-6-18-41)68(78)82-38-42-19-7-2-8-20-42)66-60(72(57,69(79)83-39-43-21-9-3-10-22-43)70(80)84-40-44-23-11-4-12-24-44)65-58(86-66)36-50(85-65)35-56-63(75)53-31-47-27-15-16-28-48(47)32-54(53)64(56)76/h1-36H,37-40H2. The Labute approximate surface area is 498 Å². The number of hydrogen-bond acceptors (Lipinski definition) is 14. The fourth-order valence-electron chi connectivity index (χ4n) is 12.0. The number of carbonyl (C=O) groups excluding carboxylic acids is 8. The van der Waals surface area contributed by atoms with Gasteiger partial charge in [-0.25, -0.2) is 0 Å². The van der Waals surface area contributed by atoms with Gasteiger partial charge < -0.3 is 18.9 Å². The molecule has 86 heavy (non-hydrogen) atoms. The van der Waals surface area contributed by atoms with Crippen LogP contribution in [0.4, 0.5) is 0 Å². The maximum Gasteiger partial charge on any atom is 0.333 e. The first-order chi connectivity index (χ1) is 41.9. The highest BCUT2D eigenvalue weighted by Crippen LogP contribution is 2.66. The first kappa shape index (κ1) is 53.5. The minimum Gasteiger partial charge on any atom is -0.459 e. The van der Waals surface area contributed by atoms with Gasteiger partial charge >= 0.3 is 23.9 Å². The van der Waals surface area contributed by atoms with Crippen molar-refractivity contribution < 1.29 is 57.3 Å². The van der Waals surface area contributed by atoms with Gasteiger partial charge in [-0.1, -0.05) is 176 Å². The van der Waals surface area contributed by atoms with Gasteiger partial charge in [-0.3, -0.25) is 38.4 Å². The molecule has 0 saturated carbocycles. The number of ether oxygens (including phenoxy) is 4. The van der Waals surface area contributed by atoms with E-state index < -0.39 is 63.4 Å². The molecule has 0 aliphatic heterocycles. The second kappa shape index (κ2) is 21.3. The molecule has 14 rings (SSSR count). The zero-order valence-corrected chi connectivity index (χ0v) is 47.0. The van der Waals surface area contributed by atoms with Gasteiger partial charge in [0, 0.05) is 47.8 Å². The van der Waals surface area contributed by atoms with Gasteiger partial charge in [0.15, 0.2) is 23.1 Å². The molecule has 4 aliphatic carbocycles. The van der Waals surface area contributed by atoms with Crippen LogP contribution in [-0.2, 0) is 70.0 Å². The van der Waals surface area contributed by atoms with E-state index in [1.54, 1.807) is 164 Å². The third-order valence-electron chi connectivity index (χ3n) is 16.2. The smallest absolute Gasteiger partial charge is 0.333 e. The molecule has 2 heterocycles. The number of fused-ring (bicyclic) bond motifs is 8. The van der Waals surface area contributed by atoms with Crippen LogP contribution in [0.15, 0.2) is 235 Å². The zero-order chi connectivity index (χ0) is 58.8. The number of benzene rings is 8. The Morgan fingerprint density at radius 1 is 0.395 bits per heavy atom. The van der Waals surface area contributed by atoms with Crippen LogP contribution in [0.2, 0.25) is 0 Å². The topological polar surface area (TPSA) is 173 Å². The summed E-state index contributed by atoms with van der Waals surface area (Å²) in [7, 11) is 0. The average Bonchev–Trinajstić information content (AvgIpc) is 1.50. The Bertz CT molecular complexity index is 4510. The van der Waals surface area contributed by atoms with Crippen molar-refractivity contribution in [1.82, 2.24) is 0 Å². The molecule has 0 N–H and O–H groups in total. The summed E-state index contributed by atoms with van der Waals surface area (Å²) in [6.07, 6.45) is 3.98. The van der Waals surface area contributed by atoms with E-state index in [0.717, 1.165) is 33.4 Å². The fraction of sp³-hybridized carbons (Fsp3) is 0.0833. The highest BCUT2D eigenvalue weighted by atomic mass is 32.1. The molecule has 0 unspecified atom stereocenters. The summed E-state index contributed by atoms with van der Waals surface area (Å²) in [6.45, 7) is -1.44. The molecular weight excluding hydrogens is 1120 g/mol. The number of esters is 4. The van der Waals surface area contributed by atoms with Crippen molar-refractivity contribution in [1.29, 1.82) is 0 Å². The SMILES string of the molecule is O=C1C(=CC2=CC3=C(c4sc5cc(C=C6C(=O)c7cc8ccccc8cc7C6=O)sc5c4C3(C(=O)OCc3ccccc3)C(=O)OCc3ccccc3)C2(C(=O)OCc2ccccc2)C(=O)OCc2ccccc2)C(=O)c2cc3ccccc3cc21. The van der Waals surface area contributed by atoms with Crippen molar-refractivity contribution >= 4 is 112 Å². The third-order valence-corrected chi connectivity index (χ3v) is 18.5. The highest BCUT2D eigenvalue weighted by molar-refractivity contribution is 7.29. The van der Waals surface area contributed by atoms with Crippen LogP contribution in [0, 0.1) is 5.41 Å². The lowest BCUT2D eigenvalue weighted by Crippen LogP contribution is -2.46. The van der Waals surface area contributed by atoms with Crippen molar-refractivity contribution in [2.75, 3.05) is 0 Å². The van der Waals surface area contributed by atoms with Gasteiger partial charge in [0.2, 0.25) is 10.8 Å². The van der Waals surface area contributed by atoms with E-state index in [0.29, 0.717) is 47.3 Å². The number of hydrogen-bond donors (Lipinski definition) is 0. The fourth-order valence-corrected chi connectivity index (χ4v) is 14.8. The number of ketones is 4. The van der Waals surface area contributed by atoms with Crippen molar-refractivity contribution in [3.05, 3.63) is 294 Å². The summed E-state index contributed by atoms with van der Waals surface area (Å²) < 4.78 is 25.9. The maximum absolute atomic E-state index is 16.2. The van der Waals surface area contributed by atoms with E-state index in [2.05, 4.69) is 0 Å². The Morgan fingerprint density at radius 2 is 0.733 bits per heavy atom. The Hall–Kier alpha value is -10.5. The van der Waals surface area contributed by atoms with E-state index >= 15 is 19.2 Å². The minimum absolute atomic E-state index is 0.00181. The normalized spacial score (nSPS) is 15.1. The average molecular weight is 1170 g/mol. The van der Waals surface area contributed by atoms with Crippen LogP contribution in [-0.4, -0.2) is 47.0 Å². The molecule has 2 aromatic heterocycles. The minimum atomic E-state index is -2.79. The summed E-state index contributed by atoms with van der Waals surface area (Å²) in [5.74, 6) is -7.06. The molecule has 4 aliphatic rings. The van der Waals surface area contributed by atoms with Gasteiger partial charge in [0.05, 0.1) is 15.8 Å². The summed E-state index contributed by atoms with van der Waals surface area (Å²) in [5, 5.41) is 2.95. The van der Waals surface area contributed by atoms with Gasteiger partial charge in [-0.15, -0.1) is 22.7 Å². The van der Waals surface area contributed by atoms with Crippen LogP contribution in [0.25, 0.3) is 42.6 Å². The lowest BCUT2D eigenvalue weighted by Gasteiger charge is -2.30. The second-order valence-electron chi connectivity index (χ2n) is 21.2. The number of allylic oxidation sites excluding steroid dienone is 4. The summed E-state index contributed by atoms with van der Waals surface area (Å²) in [4.78, 5) is 123. The molecule has 0 spiro atoms. The molecule has 0 amide bonds. The molecule has 0 fully saturated rings. The van der Waals surface area contributed by atoms with Crippen molar-refractivity contribution in [3.8, 4) is 0 Å². The molecule has 10 aromatic rings. The predicted molar refractivity (Wildman–Crippen MR) is 325 cm³/mol. The number of Topliss-reactive ketones (excluding diaryl/α,β-unsaturated/α-hetero) is 4. The lowest BCUT2D eigenvalue weighted by atomic mass is 9.75. The van der Waals surface area contributed by atoms with Crippen molar-refractivity contribution in [3.63, 3.8) is 0 Å². The Morgan fingerprint density at radius 3 is 1.10 bits per heavy atom. The monoisotopic (exact) mass is 1160 g/mol. The molecule has 12 nitrogen and oxygen atoms in total. The van der Waals surface area contributed by atoms with E-state index in [4.69, 9.17) is 18.9 Å². The van der Waals surface area contributed by atoms with Gasteiger partial charge in [-0.05, 0) is 97.4 Å². The Balaban J connectivity index is 1.01. The molecule has 0 bridgehead atoms. The van der Waals surface area contributed by atoms with Crippen molar-refractivity contribution in [2.45, 2.75) is 31.8 Å². The quantitative estimate of drug-likeness (QED) is 0.0332.